The summed E-state index contributed by atoms with van der Waals surface area (Å²) in [6.45, 7) is 2.70. The molecule has 1 saturated heterocycles. The molecule has 1 aliphatic rings. The van der Waals surface area contributed by atoms with Crippen molar-refractivity contribution in [2.24, 2.45) is 11.7 Å². The number of para-hydroxylation sites is 1. The first-order valence-corrected chi connectivity index (χ1v) is 15.3. The SMILES string of the molecule is CC(=O)N(C[C@@H]1CCCN(C(=N)N)C1)[C@@H](CCC(=O)c1ccccc1NC=O)NS(=O)(=O)c1ccc2ccccc2c1. The standard InChI is InChI=1S/C30H36N6O5S/c1-21(38)36(19-22-7-6-16-35(18-22)30(31)32)29(15-14-28(39)26-10-4-5-11-27(26)33-20-37)34-42(40,41)25-13-12-23-8-2-3-9-24(23)17-25/h2-5,8-13,17,20,22,29,34H,6-7,14-16,18-19H2,1H3,(H3,31,32)(H,33,37)/t22-,29+/m1/s1. The van der Waals surface area contributed by atoms with Gasteiger partial charge in [0.15, 0.2) is 11.7 Å². The third-order valence-corrected chi connectivity index (χ3v) is 8.96. The van der Waals surface area contributed by atoms with E-state index in [9.17, 15) is 22.8 Å². The van der Waals surface area contributed by atoms with E-state index < -0.39 is 16.2 Å². The summed E-state index contributed by atoms with van der Waals surface area (Å²) >= 11 is 0. The van der Waals surface area contributed by atoms with Crippen molar-refractivity contribution in [1.29, 1.82) is 5.41 Å². The molecule has 2 atom stereocenters. The highest BCUT2D eigenvalue weighted by Gasteiger charge is 2.31. The van der Waals surface area contributed by atoms with Gasteiger partial charge in [-0.25, -0.2) is 8.42 Å². The molecule has 12 heteroatoms. The predicted molar refractivity (Wildman–Crippen MR) is 161 cm³/mol. The van der Waals surface area contributed by atoms with Gasteiger partial charge >= 0.3 is 0 Å². The van der Waals surface area contributed by atoms with Gasteiger partial charge in [-0.15, -0.1) is 0 Å². The number of nitrogens with two attached hydrogens (primary N) is 1. The van der Waals surface area contributed by atoms with Crippen LogP contribution in [0, 0.1) is 11.3 Å². The fraction of sp³-hybridized carbons (Fsp3) is 0.333. The van der Waals surface area contributed by atoms with Gasteiger partial charge in [0.2, 0.25) is 22.3 Å². The molecule has 0 aromatic heterocycles. The van der Waals surface area contributed by atoms with Crippen molar-refractivity contribution in [3.8, 4) is 0 Å². The fourth-order valence-electron chi connectivity index (χ4n) is 5.36. The molecule has 1 aliphatic heterocycles. The second-order valence-corrected chi connectivity index (χ2v) is 12.1. The first-order valence-electron chi connectivity index (χ1n) is 13.8. The predicted octanol–water partition coefficient (Wildman–Crippen LogP) is 3.13. The number of sulfonamides is 1. The van der Waals surface area contributed by atoms with Crippen LogP contribution in [0.3, 0.4) is 0 Å². The average molecular weight is 593 g/mol. The first kappa shape index (κ1) is 30.7. The molecular weight excluding hydrogens is 556 g/mol. The maximum absolute atomic E-state index is 13.7. The number of nitrogens with zero attached hydrogens (tertiary/aromatic N) is 2. The van der Waals surface area contributed by atoms with Gasteiger partial charge in [0.1, 0.15) is 0 Å². The minimum atomic E-state index is -4.10. The number of nitrogens with one attached hydrogen (secondary N) is 3. The van der Waals surface area contributed by atoms with Crippen molar-refractivity contribution in [3.05, 3.63) is 72.3 Å². The number of hydrogen-bond donors (Lipinski definition) is 4. The van der Waals surface area contributed by atoms with Crippen LogP contribution in [0.15, 0.2) is 71.6 Å². The van der Waals surface area contributed by atoms with E-state index in [1.54, 1.807) is 41.3 Å². The quantitative estimate of drug-likeness (QED) is 0.0824. The summed E-state index contributed by atoms with van der Waals surface area (Å²) in [6, 6.07) is 18.8. The highest BCUT2D eigenvalue weighted by Crippen LogP contribution is 2.24. The van der Waals surface area contributed by atoms with Gasteiger partial charge < -0.3 is 20.9 Å². The number of hydrogen-bond acceptors (Lipinski definition) is 6. The molecule has 0 saturated carbocycles. The maximum Gasteiger partial charge on any atom is 0.242 e. The van der Waals surface area contributed by atoms with E-state index in [0.29, 0.717) is 30.8 Å². The molecule has 1 heterocycles. The third-order valence-electron chi connectivity index (χ3n) is 7.50. The van der Waals surface area contributed by atoms with Crippen molar-refractivity contribution < 1.29 is 22.8 Å². The molecule has 1 fully saturated rings. The lowest BCUT2D eigenvalue weighted by atomic mass is 9.97. The second kappa shape index (κ2) is 13.6. The van der Waals surface area contributed by atoms with Crippen LogP contribution in [0.1, 0.15) is 43.0 Å². The van der Waals surface area contributed by atoms with Crippen molar-refractivity contribution in [2.45, 2.75) is 43.7 Å². The number of likely N-dealkylation sites (tertiary alicyclic amines) is 1. The van der Waals surface area contributed by atoms with Crippen LogP contribution in [-0.4, -0.2) is 68.1 Å². The summed E-state index contributed by atoms with van der Waals surface area (Å²) in [7, 11) is -4.10. The van der Waals surface area contributed by atoms with Crippen LogP contribution in [0.5, 0.6) is 0 Å². The molecule has 11 nitrogen and oxygen atoms in total. The van der Waals surface area contributed by atoms with Gasteiger partial charge in [0, 0.05) is 38.5 Å². The second-order valence-electron chi connectivity index (χ2n) is 10.4. The number of guanidine groups is 1. The smallest absolute Gasteiger partial charge is 0.242 e. The Morgan fingerprint density at radius 2 is 1.83 bits per heavy atom. The largest absolute Gasteiger partial charge is 0.370 e. The summed E-state index contributed by atoms with van der Waals surface area (Å²) in [6.07, 6.45) is 0.935. The summed E-state index contributed by atoms with van der Waals surface area (Å²) in [5, 5.41) is 12.0. The minimum absolute atomic E-state index is 0.00376. The lowest BCUT2D eigenvalue weighted by Crippen LogP contribution is -2.54. The molecule has 4 rings (SSSR count). The van der Waals surface area contributed by atoms with Gasteiger partial charge in [-0.2, -0.15) is 4.72 Å². The number of piperidine rings is 1. The topological polar surface area (TPSA) is 166 Å². The average Bonchev–Trinajstić information content (AvgIpc) is 2.98. The van der Waals surface area contributed by atoms with Crippen LogP contribution in [0.4, 0.5) is 5.69 Å². The molecule has 42 heavy (non-hydrogen) atoms. The number of carbonyl (C=O) groups excluding carboxylic acids is 3. The van der Waals surface area contributed by atoms with E-state index in [1.165, 1.54) is 17.9 Å². The summed E-state index contributed by atoms with van der Waals surface area (Å²) in [5.74, 6) is -0.751. The number of rotatable bonds is 12. The number of fused-ring (bicyclic) bond motifs is 1. The molecule has 3 aromatic carbocycles. The molecule has 0 spiro atoms. The van der Waals surface area contributed by atoms with Gasteiger partial charge in [-0.1, -0.05) is 42.5 Å². The van der Waals surface area contributed by atoms with Gasteiger partial charge in [0.05, 0.1) is 16.7 Å². The number of anilines is 1. The number of Topliss-reactive ketones (excluding diaryl/α,β-unsaturated/α-hetero) is 1. The maximum atomic E-state index is 13.7. The molecule has 2 amide bonds. The van der Waals surface area contributed by atoms with Crippen LogP contribution in [0.2, 0.25) is 0 Å². The van der Waals surface area contributed by atoms with E-state index >= 15 is 0 Å². The van der Waals surface area contributed by atoms with Crippen LogP contribution in [-0.2, 0) is 19.6 Å². The molecular formula is C30H36N6O5S. The van der Waals surface area contributed by atoms with Crippen LogP contribution < -0.4 is 15.8 Å². The number of ketones is 1. The Morgan fingerprint density at radius 1 is 1.12 bits per heavy atom. The Kier molecular flexibility index (Phi) is 9.92. The molecule has 222 valence electrons. The Morgan fingerprint density at radius 3 is 2.55 bits per heavy atom. The first-order chi connectivity index (χ1) is 20.1. The Bertz CT molecular complexity index is 1580. The molecule has 5 N–H and O–H groups in total. The Hall–Kier alpha value is -4.29. The number of carbonyl (C=O) groups is 3. The Balaban J connectivity index is 1.62. The highest BCUT2D eigenvalue weighted by molar-refractivity contribution is 7.89. The third kappa shape index (κ3) is 7.51. The summed E-state index contributed by atoms with van der Waals surface area (Å²) in [4.78, 5) is 40.5. The van der Waals surface area contributed by atoms with Gasteiger partial charge in [-0.3, -0.25) is 19.8 Å². The minimum Gasteiger partial charge on any atom is -0.370 e. The molecule has 0 unspecified atom stereocenters. The summed E-state index contributed by atoms with van der Waals surface area (Å²) < 4.78 is 30.0. The van der Waals surface area contributed by atoms with Crippen molar-refractivity contribution in [1.82, 2.24) is 14.5 Å². The van der Waals surface area contributed by atoms with Gasteiger partial charge in [0.25, 0.3) is 0 Å². The lowest BCUT2D eigenvalue weighted by Gasteiger charge is -2.38. The zero-order chi connectivity index (χ0) is 30.3. The summed E-state index contributed by atoms with van der Waals surface area (Å²) in [5.41, 5.74) is 6.35. The number of amides is 2. The van der Waals surface area contributed by atoms with E-state index in [-0.39, 0.29) is 47.8 Å². The molecule has 0 aliphatic carbocycles. The van der Waals surface area contributed by atoms with Crippen molar-refractivity contribution in [2.75, 3.05) is 25.0 Å². The van der Waals surface area contributed by atoms with Crippen LogP contribution >= 0.6 is 0 Å². The Labute approximate surface area is 245 Å². The van der Waals surface area contributed by atoms with Crippen molar-refractivity contribution in [3.63, 3.8) is 0 Å². The number of benzene rings is 3. The van der Waals surface area contributed by atoms with E-state index in [1.807, 2.05) is 24.3 Å². The van der Waals surface area contributed by atoms with Crippen molar-refractivity contribution >= 4 is 50.5 Å². The zero-order valence-electron chi connectivity index (χ0n) is 23.5. The van der Waals surface area contributed by atoms with E-state index in [0.717, 1.165) is 23.6 Å². The monoisotopic (exact) mass is 592 g/mol. The highest BCUT2D eigenvalue weighted by atomic mass is 32.2. The molecule has 0 radical (unpaired) electrons. The van der Waals surface area contributed by atoms with E-state index in [4.69, 9.17) is 11.1 Å². The lowest BCUT2D eigenvalue weighted by molar-refractivity contribution is -0.132. The molecule has 3 aromatic rings. The molecule has 0 bridgehead atoms. The zero-order valence-corrected chi connectivity index (χ0v) is 24.3. The fourth-order valence-corrected chi connectivity index (χ4v) is 6.63. The normalized spacial score (nSPS) is 16.0. The van der Waals surface area contributed by atoms with E-state index in [2.05, 4.69) is 10.0 Å². The van der Waals surface area contributed by atoms with Gasteiger partial charge in [-0.05, 0) is 60.2 Å². The van der Waals surface area contributed by atoms with Crippen LogP contribution in [0.25, 0.3) is 10.8 Å².